The molecule has 1 N–H and O–H groups in total. The van der Waals surface area contributed by atoms with Crippen molar-refractivity contribution in [1.82, 2.24) is 0 Å². The molecule has 0 aliphatic carbocycles. The molecule has 1 amide bonds. The summed E-state index contributed by atoms with van der Waals surface area (Å²) in [6.45, 7) is 5.75. The average Bonchev–Trinajstić information content (AvgIpc) is 2.62. The molecule has 0 aliphatic rings. The quantitative estimate of drug-likeness (QED) is 0.621. The van der Waals surface area contributed by atoms with Gasteiger partial charge in [-0.1, -0.05) is 24.3 Å². The van der Waals surface area contributed by atoms with Gasteiger partial charge >= 0.3 is 0 Å². The number of amides is 1. The van der Waals surface area contributed by atoms with Crippen LogP contribution >= 0.6 is 0 Å². The monoisotopic (exact) mass is 350 g/mol. The molecule has 0 atom stereocenters. The lowest BCUT2D eigenvalue weighted by Crippen LogP contribution is -2.14. The lowest BCUT2D eigenvalue weighted by atomic mass is 10.1. The Labute approximate surface area is 153 Å². The van der Waals surface area contributed by atoms with Crippen molar-refractivity contribution < 1.29 is 14.3 Å². The predicted octanol–water partition coefficient (Wildman–Crippen LogP) is 4.34. The Bertz CT molecular complexity index is 864. The van der Waals surface area contributed by atoms with Crippen LogP contribution in [0.2, 0.25) is 0 Å². The van der Waals surface area contributed by atoms with Gasteiger partial charge in [-0.3, -0.25) is 4.79 Å². The van der Waals surface area contributed by atoms with E-state index in [1.807, 2.05) is 45.0 Å². The minimum atomic E-state index is -0.455. The van der Waals surface area contributed by atoms with Gasteiger partial charge in [-0.15, -0.1) is 0 Å². The Morgan fingerprint density at radius 3 is 2.54 bits per heavy atom. The van der Waals surface area contributed by atoms with Gasteiger partial charge in [0.1, 0.15) is 11.6 Å². The van der Waals surface area contributed by atoms with Crippen LogP contribution in [0.15, 0.2) is 48.0 Å². The zero-order chi connectivity index (χ0) is 19.1. The van der Waals surface area contributed by atoms with Crippen molar-refractivity contribution in [3.05, 3.63) is 59.2 Å². The van der Waals surface area contributed by atoms with Gasteiger partial charge in [-0.2, -0.15) is 5.26 Å². The van der Waals surface area contributed by atoms with Gasteiger partial charge < -0.3 is 14.8 Å². The fourth-order valence-corrected chi connectivity index (χ4v) is 2.34. The summed E-state index contributed by atoms with van der Waals surface area (Å²) in [7, 11) is 1.55. The highest BCUT2D eigenvalue weighted by molar-refractivity contribution is 6.10. The van der Waals surface area contributed by atoms with E-state index in [4.69, 9.17) is 9.47 Å². The molecule has 2 aromatic carbocycles. The Kier molecular flexibility index (Phi) is 6.40. The number of benzene rings is 2. The molecule has 0 saturated heterocycles. The number of hydrogen-bond donors (Lipinski definition) is 1. The van der Waals surface area contributed by atoms with Crippen molar-refractivity contribution in [3.63, 3.8) is 0 Å². The number of nitrogens with zero attached hydrogens (tertiary/aromatic N) is 1. The minimum Gasteiger partial charge on any atom is -0.493 e. The second-order valence-electron chi connectivity index (χ2n) is 6.02. The summed E-state index contributed by atoms with van der Waals surface area (Å²) in [4.78, 5) is 12.4. The molecule has 26 heavy (non-hydrogen) atoms. The number of anilines is 1. The zero-order valence-electron chi connectivity index (χ0n) is 15.4. The molecule has 134 valence electrons. The van der Waals surface area contributed by atoms with E-state index in [1.54, 1.807) is 31.4 Å². The van der Waals surface area contributed by atoms with E-state index in [-0.39, 0.29) is 11.7 Å². The van der Waals surface area contributed by atoms with Gasteiger partial charge in [-0.25, -0.2) is 0 Å². The Balaban J connectivity index is 2.26. The summed E-state index contributed by atoms with van der Waals surface area (Å²) in [6, 6.07) is 14.6. The molecule has 0 bridgehead atoms. The lowest BCUT2D eigenvalue weighted by Gasteiger charge is -2.14. The third-order valence-electron chi connectivity index (χ3n) is 3.62. The van der Waals surface area contributed by atoms with E-state index in [2.05, 4.69) is 5.32 Å². The summed E-state index contributed by atoms with van der Waals surface area (Å²) in [6.07, 6.45) is 1.54. The van der Waals surface area contributed by atoms with Crippen LogP contribution in [-0.2, 0) is 4.79 Å². The van der Waals surface area contributed by atoms with Crippen LogP contribution in [0, 0.1) is 18.3 Å². The van der Waals surface area contributed by atoms with Crippen LogP contribution in [0.5, 0.6) is 11.5 Å². The fourth-order valence-electron chi connectivity index (χ4n) is 2.34. The van der Waals surface area contributed by atoms with Crippen molar-refractivity contribution in [2.45, 2.75) is 26.9 Å². The van der Waals surface area contributed by atoms with Crippen molar-refractivity contribution in [3.8, 4) is 17.6 Å². The number of nitriles is 1. The second-order valence-corrected chi connectivity index (χ2v) is 6.02. The van der Waals surface area contributed by atoms with Crippen molar-refractivity contribution >= 4 is 17.7 Å². The molecular weight excluding hydrogens is 328 g/mol. The average molecular weight is 350 g/mol. The zero-order valence-corrected chi connectivity index (χ0v) is 15.4. The maximum absolute atomic E-state index is 12.4. The molecule has 0 radical (unpaired) electrons. The van der Waals surface area contributed by atoms with E-state index >= 15 is 0 Å². The number of hydrogen-bond acceptors (Lipinski definition) is 4. The molecule has 0 heterocycles. The first-order chi connectivity index (χ1) is 12.4. The first-order valence-corrected chi connectivity index (χ1v) is 8.28. The van der Waals surface area contributed by atoms with Crippen molar-refractivity contribution in [2.75, 3.05) is 12.4 Å². The van der Waals surface area contributed by atoms with E-state index in [0.29, 0.717) is 22.7 Å². The molecule has 0 aromatic heterocycles. The summed E-state index contributed by atoms with van der Waals surface area (Å²) < 4.78 is 11.0. The van der Waals surface area contributed by atoms with Crippen LogP contribution in [-0.4, -0.2) is 19.1 Å². The Morgan fingerprint density at radius 2 is 1.92 bits per heavy atom. The number of aryl methyl sites for hydroxylation is 1. The van der Waals surface area contributed by atoms with Crippen LogP contribution in [0.3, 0.4) is 0 Å². The Hall–Kier alpha value is -3.26. The topological polar surface area (TPSA) is 71.3 Å². The van der Waals surface area contributed by atoms with Crippen molar-refractivity contribution in [1.29, 1.82) is 5.26 Å². The normalized spacial score (nSPS) is 11.0. The van der Waals surface area contributed by atoms with Crippen LogP contribution < -0.4 is 14.8 Å². The predicted molar refractivity (Wildman–Crippen MR) is 102 cm³/mol. The molecule has 5 heteroatoms. The maximum Gasteiger partial charge on any atom is 0.266 e. The van der Waals surface area contributed by atoms with E-state index in [0.717, 1.165) is 5.56 Å². The van der Waals surface area contributed by atoms with Gasteiger partial charge in [0.2, 0.25) is 0 Å². The standard InChI is InChI=1S/C21H22N2O3/c1-14(2)26-19-10-9-16(12-20(19)25-4)11-17(13-22)21(24)23-18-8-6-5-7-15(18)3/h5-12,14H,1-4H3,(H,23,24)/b17-11-. The number of nitrogens with one attached hydrogen (secondary N) is 1. The number of rotatable bonds is 6. The highest BCUT2D eigenvalue weighted by Crippen LogP contribution is 2.29. The van der Waals surface area contributed by atoms with Crippen LogP contribution in [0.1, 0.15) is 25.0 Å². The number of carbonyl (C=O) groups excluding carboxylic acids is 1. The van der Waals surface area contributed by atoms with E-state index in [1.165, 1.54) is 6.08 Å². The van der Waals surface area contributed by atoms with Gasteiger partial charge in [0.05, 0.1) is 13.2 Å². The summed E-state index contributed by atoms with van der Waals surface area (Å²) >= 11 is 0. The van der Waals surface area contributed by atoms with Crippen LogP contribution in [0.4, 0.5) is 5.69 Å². The number of para-hydroxylation sites is 1. The van der Waals surface area contributed by atoms with Crippen LogP contribution in [0.25, 0.3) is 6.08 Å². The fraction of sp³-hybridized carbons (Fsp3) is 0.238. The van der Waals surface area contributed by atoms with Gasteiger partial charge in [0, 0.05) is 5.69 Å². The van der Waals surface area contributed by atoms with E-state index in [9.17, 15) is 10.1 Å². The molecule has 0 aliphatic heterocycles. The van der Waals surface area contributed by atoms with Crippen molar-refractivity contribution in [2.24, 2.45) is 0 Å². The molecule has 2 rings (SSSR count). The van der Waals surface area contributed by atoms with Gasteiger partial charge in [0.15, 0.2) is 11.5 Å². The smallest absolute Gasteiger partial charge is 0.266 e. The summed E-state index contributed by atoms with van der Waals surface area (Å²) in [5.41, 5.74) is 2.29. The van der Waals surface area contributed by atoms with Gasteiger partial charge in [-0.05, 0) is 56.2 Å². The lowest BCUT2D eigenvalue weighted by molar-refractivity contribution is -0.112. The molecule has 5 nitrogen and oxygen atoms in total. The van der Waals surface area contributed by atoms with E-state index < -0.39 is 5.91 Å². The van der Waals surface area contributed by atoms with Gasteiger partial charge in [0.25, 0.3) is 5.91 Å². The summed E-state index contributed by atoms with van der Waals surface area (Å²) in [5.74, 6) is 0.704. The number of ether oxygens (including phenoxy) is 2. The first-order valence-electron chi connectivity index (χ1n) is 8.28. The number of carbonyl (C=O) groups is 1. The third kappa shape index (κ3) is 4.87. The largest absolute Gasteiger partial charge is 0.493 e. The molecule has 2 aromatic rings. The highest BCUT2D eigenvalue weighted by Gasteiger charge is 2.12. The first kappa shape index (κ1) is 19.1. The Morgan fingerprint density at radius 1 is 1.19 bits per heavy atom. The summed E-state index contributed by atoms with van der Waals surface area (Å²) in [5, 5.41) is 12.1. The molecular formula is C21H22N2O3. The molecule has 0 saturated carbocycles. The molecule has 0 spiro atoms. The third-order valence-corrected chi connectivity index (χ3v) is 3.62. The number of methoxy groups -OCH3 is 1. The highest BCUT2D eigenvalue weighted by atomic mass is 16.5. The molecule has 0 fully saturated rings. The molecule has 0 unspecified atom stereocenters. The minimum absolute atomic E-state index is 0.00725. The second kappa shape index (κ2) is 8.72. The SMILES string of the molecule is COc1cc(/C=C(/C#N)C(=O)Nc2ccccc2C)ccc1OC(C)C. The maximum atomic E-state index is 12.4.